The van der Waals surface area contributed by atoms with Crippen LogP contribution in [-0.2, 0) is 45.7 Å². The fraction of sp³-hybridized carbons (Fsp3) is 0.333. The Morgan fingerprint density at radius 1 is 1.27 bits per heavy atom. The number of hydrogen-bond donors (Lipinski definition) is 2. The van der Waals surface area contributed by atoms with E-state index < -0.39 is 5.91 Å². The summed E-state index contributed by atoms with van der Waals surface area (Å²) < 4.78 is 7.89. The van der Waals surface area contributed by atoms with E-state index in [-0.39, 0.29) is 38.8 Å². The molecule has 1 amide bonds. The molecule has 3 aromatic rings. The van der Waals surface area contributed by atoms with Gasteiger partial charge in [0.2, 0.25) is 0 Å². The van der Waals surface area contributed by atoms with Gasteiger partial charge in [-0.1, -0.05) is 18.2 Å². The van der Waals surface area contributed by atoms with Crippen molar-refractivity contribution in [1.82, 2.24) is 9.88 Å². The van der Waals surface area contributed by atoms with E-state index >= 15 is 0 Å². The number of nitrogens with one attached hydrogen (secondary N) is 1. The zero-order valence-corrected chi connectivity index (χ0v) is 20.7. The molecule has 0 spiro atoms. The van der Waals surface area contributed by atoms with Gasteiger partial charge in [0.1, 0.15) is 12.4 Å². The first-order valence-corrected chi connectivity index (χ1v) is 10.1. The van der Waals surface area contributed by atoms with Crippen molar-refractivity contribution in [2.24, 2.45) is 5.73 Å². The molecular weight excluding hydrogens is 451 g/mol. The summed E-state index contributed by atoms with van der Waals surface area (Å²) in [7, 11) is 0. The van der Waals surface area contributed by atoms with Gasteiger partial charge in [0.05, 0.1) is 11.1 Å². The maximum atomic E-state index is 12.0. The molecule has 6 heteroatoms. The molecule has 2 aromatic carbocycles. The number of nitrogens with two attached hydrogens (primary N) is 1. The average Bonchev–Trinajstić information content (AvgIpc) is 3.09. The molecule has 3 N–H and O–H groups in total. The van der Waals surface area contributed by atoms with E-state index in [1.165, 1.54) is 0 Å². The van der Waals surface area contributed by atoms with Gasteiger partial charge in [0.15, 0.2) is 0 Å². The van der Waals surface area contributed by atoms with E-state index in [2.05, 4.69) is 29.8 Å². The Bertz CT molecular complexity index is 984. The fourth-order valence-corrected chi connectivity index (χ4v) is 3.68. The zero-order valence-electron chi connectivity index (χ0n) is 17.9. The molecular formula is C24H30N3O2Y+2. The molecule has 1 unspecified atom stereocenters. The molecule has 0 aliphatic rings. The van der Waals surface area contributed by atoms with E-state index in [1.807, 2.05) is 49.5 Å². The van der Waals surface area contributed by atoms with E-state index in [9.17, 15) is 4.79 Å². The van der Waals surface area contributed by atoms with Crippen LogP contribution in [-0.4, -0.2) is 29.7 Å². The third-order valence-corrected chi connectivity index (χ3v) is 5.07. The first kappa shape index (κ1) is 24.6. The topological polar surface area (TPSA) is 69.3 Å². The Labute approximate surface area is 204 Å². The molecule has 0 saturated carbocycles. The van der Waals surface area contributed by atoms with Gasteiger partial charge in [-0.15, -0.1) is 0 Å². The van der Waals surface area contributed by atoms with Crippen LogP contribution >= 0.6 is 0 Å². The Kier molecular flexibility index (Phi) is 9.54. The quantitative estimate of drug-likeness (QED) is 0.341. The summed E-state index contributed by atoms with van der Waals surface area (Å²) in [6, 6.07) is 14.4. The van der Waals surface area contributed by atoms with Crippen molar-refractivity contribution in [3.8, 4) is 5.75 Å². The molecule has 30 heavy (non-hydrogen) atoms. The summed E-state index contributed by atoms with van der Waals surface area (Å²) in [6.07, 6.45) is 3.56. The minimum Gasteiger partial charge on any atom is -0.492 e. The maximum absolute atomic E-state index is 12.0. The van der Waals surface area contributed by atoms with Crippen molar-refractivity contribution in [2.75, 3.05) is 13.2 Å². The average molecular weight is 481 g/mol. The summed E-state index contributed by atoms with van der Waals surface area (Å²) in [5.41, 5.74) is 9.38. The largest absolute Gasteiger partial charge is 3.00 e. The predicted octanol–water partition coefficient (Wildman–Crippen LogP) is 3.87. The summed E-state index contributed by atoms with van der Waals surface area (Å²) in [4.78, 5) is 12.0. The molecule has 0 fully saturated rings. The number of para-hydroxylation sites is 1. The van der Waals surface area contributed by atoms with Crippen LogP contribution in [0.15, 0.2) is 48.7 Å². The SMILES string of the molecule is [CH2-]CCn1ccc2cc(CC(C)NCCOc3ccccc3C)cc(C(N)=O)c21.[Y+3]. The predicted molar refractivity (Wildman–Crippen MR) is 118 cm³/mol. The number of hydrogen-bond acceptors (Lipinski definition) is 3. The van der Waals surface area contributed by atoms with Crippen LogP contribution in [0.25, 0.3) is 10.9 Å². The minimum atomic E-state index is -0.395. The van der Waals surface area contributed by atoms with E-state index in [0.29, 0.717) is 12.2 Å². The van der Waals surface area contributed by atoms with Crippen LogP contribution in [0.1, 0.15) is 34.8 Å². The zero-order chi connectivity index (χ0) is 20.8. The Morgan fingerprint density at radius 3 is 2.73 bits per heavy atom. The van der Waals surface area contributed by atoms with Crippen molar-refractivity contribution >= 4 is 16.8 Å². The summed E-state index contributed by atoms with van der Waals surface area (Å²) in [5, 5.41) is 4.53. The number of aryl methyl sites for hydroxylation is 2. The first-order chi connectivity index (χ1) is 14.0. The molecule has 0 aliphatic carbocycles. The number of rotatable bonds is 10. The molecule has 1 heterocycles. The number of benzene rings is 2. The van der Waals surface area contributed by atoms with E-state index in [1.54, 1.807) is 0 Å². The van der Waals surface area contributed by atoms with Crippen LogP contribution < -0.4 is 15.8 Å². The van der Waals surface area contributed by atoms with Crippen LogP contribution in [0.5, 0.6) is 5.75 Å². The smallest absolute Gasteiger partial charge is 0.492 e. The van der Waals surface area contributed by atoms with Gasteiger partial charge < -0.3 is 27.3 Å². The molecule has 0 saturated heterocycles. The fourth-order valence-electron chi connectivity index (χ4n) is 3.68. The van der Waals surface area contributed by atoms with Gasteiger partial charge in [-0.2, -0.15) is 6.42 Å². The number of carbonyl (C=O) groups is 1. The van der Waals surface area contributed by atoms with Gasteiger partial charge in [0, 0.05) is 24.2 Å². The molecule has 1 aromatic heterocycles. The van der Waals surface area contributed by atoms with E-state index in [4.69, 9.17) is 10.5 Å². The summed E-state index contributed by atoms with van der Waals surface area (Å²) >= 11 is 0. The number of nitrogens with zero attached hydrogens (tertiary/aromatic N) is 1. The first-order valence-electron chi connectivity index (χ1n) is 10.1. The van der Waals surface area contributed by atoms with Crippen molar-refractivity contribution in [3.05, 3.63) is 72.3 Å². The van der Waals surface area contributed by atoms with Gasteiger partial charge in [-0.25, -0.2) is 0 Å². The third-order valence-electron chi connectivity index (χ3n) is 5.07. The van der Waals surface area contributed by atoms with Gasteiger partial charge in [-0.05, 0) is 62.2 Å². The second kappa shape index (κ2) is 11.6. The number of primary amides is 1. The number of aromatic nitrogens is 1. The van der Waals surface area contributed by atoms with Crippen LogP contribution in [0, 0.1) is 13.8 Å². The second-order valence-corrected chi connectivity index (χ2v) is 7.48. The van der Waals surface area contributed by atoms with Crippen LogP contribution in [0.3, 0.4) is 0 Å². The standard InChI is InChI=1S/C24H30N3O2.Y/c1-4-11-27-12-9-20-15-19(16-21(23(20)27)24(25)28)14-18(3)26-10-13-29-22-8-6-5-7-17(22)2;/h5-9,12,15-16,18,26H,1,4,10-11,13-14H2,2-3H3,(H2,25,28);/q-1;+3. The number of ether oxygens (including phenoxy) is 1. The molecule has 3 rings (SSSR count). The molecule has 0 aliphatic heterocycles. The molecule has 0 bridgehead atoms. The van der Waals surface area contributed by atoms with Crippen LogP contribution in [0.4, 0.5) is 0 Å². The summed E-state index contributed by atoms with van der Waals surface area (Å²) in [5.74, 6) is 0.526. The van der Waals surface area contributed by atoms with Crippen molar-refractivity contribution in [2.45, 2.75) is 39.3 Å². The second-order valence-electron chi connectivity index (χ2n) is 7.48. The van der Waals surface area contributed by atoms with Gasteiger partial charge >= 0.3 is 32.7 Å². The normalized spacial score (nSPS) is 11.8. The number of fused-ring (bicyclic) bond motifs is 1. The van der Waals surface area contributed by atoms with Crippen molar-refractivity contribution in [1.29, 1.82) is 0 Å². The minimum absolute atomic E-state index is 0. The number of amides is 1. The monoisotopic (exact) mass is 481 g/mol. The molecule has 154 valence electrons. The van der Waals surface area contributed by atoms with E-state index in [0.717, 1.165) is 53.7 Å². The van der Waals surface area contributed by atoms with Crippen molar-refractivity contribution in [3.63, 3.8) is 0 Å². The summed E-state index contributed by atoms with van der Waals surface area (Å²) in [6.45, 7) is 10.2. The van der Waals surface area contributed by atoms with Crippen LogP contribution in [0.2, 0.25) is 0 Å². The van der Waals surface area contributed by atoms with Crippen molar-refractivity contribution < 1.29 is 42.2 Å². The molecule has 1 atom stereocenters. The maximum Gasteiger partial charge on any atom is 3.00 e. The Morgan fingerprint density at radius 2 is 2.03 bits per heavy atom. The number of carbonyl (C=O) groups excluding carboxylic acids is 1. The molecule has 0 radical (unpaired) electrons. The van der Waals surface area contributed by atoms with Gasteiger partial charge in [-0.3, -0.25) is 4.79 Å². The third kappa shape index (κ3) is 6.16. The Hall–Kier alpha value is -1.69. The van der Waals surface area contributed by atoms with Gasteiger partial charge in [0.25, 0.3) is 5.91 Å². The molecule has 5 nitrogen and oxygen atoms in total. The Balaban J connectivity index is 0.00000320.